The van der Waals surface area contributed by atoms with Crippen molar-refractivity contribution in [1.29, 1.82) is 0 Å². The molecule has 0 aromatic carbocycles. The lowest BCUT2D eigenvalue weighted by Gasteiger charge is -2.02. The van der Waals surface area contributed by atoms with Crippen LogP contribution in [0.3, 0.4) is 0 Å². The molecule has 0 aliphatic carbocycles. The van der Waals surface area contributed by atoms with Crippen LogP contribution in [0.4, 0.5) is 0 Å². The van der Waals surface area contributed by atoms with E-state index in [4.69, 9.17) is 4.98 Å². The van der Waals surface area contributed by atoms with E-state index in [9.17, 15) is 4.79 Å². The molecule has 110 valence electrons. The predicted molar refractivity (Wildman–Crippen MR) is 86.1 cm³/mol. The fourth-order valence-electron chi connectivity index (χ4n) is 2.40. The number of hydrogen-bond acceptors (Lipinski definition) is 5. The van der Waals surface area contributed by atoms with Gasteiger partial charge in [-0.15, -0.1) is 22.7 Å². The average molecular weight is 320 g/mol. The standard InChI is InChI=1S/C15H16N2O2S2/c1-10-14(12-6-4-8-20-12)16-15-17(10)11(9-21-15)5-3-7-13(18)19-2/h4,6,8-9H,3,5,7H2,1-2H3. The van der Waals surface area contributed by atoms with E-state index in [1.165, 1.54) is 23.4 Å². The number of carbonyl (C=O) groups excluding carboxylic acids is 1. The maximum absolute atomic E-state index is 11.2. The van der Waals surface area contributed by atoms with Gasteiger partial charge in [-0.1, -0.05) is 6.07 Å². The fourth-order valence-corrected chi connectivity index (χ4v) is 4.13. The second kappa shape index (κ2) is 5.99. The number of esters is 1. The highest BCUT2D eigenvalue weighted by atomic mass is 32.1. The number of fused-ring (bicyclic) bond motifs is 1. The third-order valence-corrected chi connectivity index (χ3v) is 5.21. The van der Waals surface area contributed by atoms with Crippen molar-refractivity contribution in [2.45, 2.75) is 26.2 Å². The minimum Gasteiger partial charge on any atom is -0.469 e. The van der Waals surface area contributed by atoms with Gasteiger partial charge in [-0.3, -0.25) is 9.20 Å². The molecule has 0 N–H and O–H groups in total. The third kappa shape index (κ3) is 2.73. The van der Waals surface area contributed by atoms with E-state index < -0.39 is 0 Å². The van der Waals surface area contributed by atoms with Gasteiger partial charge in [0.1, 0.15) is 5.69 Å². The minimum atomic E-state index is -0.150. The Kier molecular flexibility index (Phi) is 4.07. The number of thiazole rings is 1. The van der Waals surface area contributed by atoms with Crippen LogP contribution >= 0.6 is 22.7 Å². The monoisotopic (exact) mass is 320 g/mol. The van der Waals surface area contributed by atoms with Gasteiger partial charge in [0.25, 0.3) is 0 Å². The molecule has 0 unspecified atom stereocenters. The summed E-state index contributed by atoms with van der Waals surface area (Å²) >= 11 is 3.36. The molecule has 3 aromatic heterocycles. The number of aromatic nitrogens is 2. The molecule has 0 spiro atoms. The van der Waals surface area contributed by atoms with Crippen LogP contribution in [0.5, 0.6) is 0 Å². The van der Waals surface area contributed by atoms with E-state index in [1.54, 1.807) is 22.7 Å². The van der Waals surface area contributed by atoms with Crippen LogP contribution in [0.1, 0.15) is 24.2 Å². The summed E-state index contributed by atoms with van der Waals surface area (Å²) in [4.78, 5) is 18.1. The van der Waals surface area contributed by atoms with Gasteiger partial charge < -0.3 is 4.74 Å². The van der Waals surface area contributed by atoms with Crippen molar-refractivity contribution in [2.24, 2.45) is 0 Å². The van der Waals surface area contributed by atoms with Crippen LogP contribution in [-0.4, -0.2) is 22.5 Å². The quantitative estimate of drug-likeness (QED) is 0.669. The third-order valence-electron chi connectivity index (χ3n) is 3.46. The average Bonchev–Trinajstić information content (AvgIpc) is 3.18. The molecule has 0 saturated heterocycles. The Bertz CT molecular complexity index is 756. The number of imidazole rings is 1. The number of aryl methyl sites for hydroxylation is 2. The first-order chi connectivity index (χ1) is 10.2. The molecule has 4 nitrogen and oxygen atoms in total. The highest BCUT2D eigenvalue weighted by Crippen LogP contribution is 2.31. The van der Waals surface area contributed by atoms with Gasteiger partial charge in [0.15, 0.2) is 4.96 Å². The van der Waals surface area contributed by atoms with E-state index in [-0.39, 0.29) is 5.97 Å². The van der Waals surface area contributed by atoms with Gasteiger partial charge in [-0.25, -0.2) is 4.98 Å². The minimum absolute atomic E-state index is 0.150. The first-order valence-corrected chi connectivity index (χ1v) is 8.52. The van der Waals surface area contributed by atoms with Crippen LogP contribution in [-0.2, 0) is 16.0 Å². The number of hydrogen-bond donors (Lipinski definition) is 0. The summed E-state index contributed by atoms with van der Waals surface area (Å²) in [6.07, 6.45) is 2.11. The van der Waals surface area contributed by atoms with Gasteiger partial charge >= 0.3 is 5.97 Å². The Balaban J connectivity index is 1.86. The number of methoxy groups -OCH3 is 1. The molecular formula is C15H16N2O2S2. The van der Waals surface area contributed by atoms with Crippen molar-refractivity contribution in [3.8, 4) is 10.6 Å². The van der Waals surface area contributed by atoms with Crippen LogP contribution in [0.2, 0.25) is 0 Å². The molecule has 6 heteroatoms. The van der Waals surface area contributed by atoms with Crippen LogP contribution in [0.15, 0.2) is 22.9 Å². The summed E-state index contributed by atoms with van der Waals surface area (Å²) in [5.41, 5.74) is 3.44. The van der Waals surface area contributed by atoms with Crippen molar-refractivity contribution < 1.29 is 9.53 Å². The highest BCUT2D eigenvalue weighted by Gasteiger charge is 2.15. The largest absolute Gasteiger partial charge is 0.469 e. The molecule has 3 rings (SSSR count). The zero-order valence-electron chi connectivity index (χ0n) is 12.0. The Morgan fingerprint density at radius 2 is 2.29 bits per heavy atom. The van der Waals surface area contributed by atoms with E-state index in [2.05, 4.69) is 32.9 Å². The summed E-state index contributed by atoms with van der Waals surface area (Å²) in [6.45, 7) is 2.10. The topological polar surface area (TPSA) is 43.6 Å². The van der Waals surface area contributed by atoms with Crippen molar-refractivity contribution >= 4 is 33.6 Å². The zero-order valence-corrected chi connectivity index (χ0v) is 13.6. The molecule has 0 aliphatic rings. The SMILES string of the molecule is COC(=O)CCCc1csc2nc(-c3cccs3)c(C)n12. The number of ether oxygens (including phenoxy) is 1. The Hall–Kier alpha value is -1.66. The first kappa shape index (κ1) is 14.3. The molecule has 0 aliphatic heterocycles. The predicted octanol–water partition coefficient (Wildman–Crippen LogP) is 3.93. The second-order valence-corrected chi connectivity index (χ2v) is 6.58. The summed E-state index contributed by atoms with van der Waals surface area (Å²) < 4.78 is 6.89. The van der Waals surface area contributed by atoms with Crippen molar-refractivity contribution in [1.82, 2.24) is 9.38 Å². The normalized spacial score (nSPS) is 11.1. The molecule has 0 radical (unpaired) electrons. The number of nitrogens with zero attached hydrogens (tertiary/aromatic N) is 2. The van der Waals surface area contributed by atoms with Crippen molar-refractivity contribution in [2.75, 3.05) is 7.11 Å². The van der Waals surface area contributed by atoms with E-state index in [0.29, 0.717) is 6.42 Å². The maximum atomic E-state index is 11.2. The van der Waals surface area contributed by atoms with Gasteiger partial charge in [0, 0.05) is 23.2 Å². The molecule has 0 bridgehead atoms. The van der Waals surface area contributed by atoms with Crippen molar-refractivity contribution in [3.05, 3.63) is 34.3 Å². The molecule has 3 heterocycles. The van der Waals surface area contributed by atoms with Gasteiger partial charge in [-0.2, -0.15) is 0 Å². The van der Waals surface area contributed by atoms with Gasteiger partial charge in [0.05, 0.1) is 12.0 Å². The molecule has 3 aromatic rings. The Morgan fingerprint density at radius 3 is 3.00 bits per heavy atom. The smallest absolute Gasteiger partial charge is 0.305 e. The van der Waals surface area contributed by atoms with Gasteiger partial charge in [0.2, 0.25) is 0 Å². The summed E-state index contributed by atoms with van der Waals surface area (Å²) in [6, 6.07) is 4.14. The van der Waals surface area contributed by atoms with E-state index in [1.807, 2.05) is 6.07 Å². The molecule has 0 atom stereocenters. The van der Waals surface area contributed by atoms with Crippen LogP contribution in [0, 0.1) is 6.92 Å². The Labute approximate surface area is 131 Å². The molecule has 0 fully saturated rings. The fraction of sp³-hybridized carbons (Fsp3) is 0.333. The highest BCUT2D eigenvalue weighted by molar-refractivity contribution is 7.15. The number of carbonyl (C=O) groups is 1. The maximum Gasteiger partial charge on any atom is 0.305 e. The second-order valence-electron chi connectivity index (χ2n) is 4.80. The Morgan fingerprint density at radius 1 is 1.43 bits per heavy atom. The lowest BCUT2D eigenvalue weighted by atomic mass is 10.2. The lowest BCUT2D eigenvalue weighted by molar-refractivity contribution is -0.140. The van der Waals surface area contributed by atoms with Crippen LogP contribution in [0.25, 0.3) is 15.5 Å². The zero-order chi connectivity index (χ0) is 14.8. The molecule has 21 heavy (non-hydrogen) atoms. The molecular weight excluding hydrogens is 304 g/mol. The van der Waals surface area contributed by atoms with Gasteiger partial charge in [-0.05, 0) is 31.2 Å². The molecule has 0 amide bonds. The van der Waals surface area contributed by atoms with E-state index in [0.717, 1.165) is 23.5 Å². The van der Waals surface area contributed by atoms with Crippen molar-refractivity contribution in [3.63, 3.8) is 0 Å². The molecule has 0 saturated carbocycles. The number of thiophene rings is 1. The lowest BCUT2D eigenvalue weighted by Crippen LogP contribution is -2.01. The van der Waals surface area contributed by atoms with E-state index >= 15 is 0 Å². The first-order valence-electron chi connectivity index (χ1n) is 6.77. The summed E-state index contributed by atoms with van der Waals surface area (Å²) in [5.74, 6) is -0.150. The number of rotatable bonds is 5. The summed E-state index contributed by atoms with van der Waals surface area (Å²) in [5, 5.41) is 4.20. The van der Waals surface area contributed by atoms with Crippen LogP contribution < -0.4 is 0 Å². The summed E-state index contributed by atoms with van der Waals surface area (Å²) in [7, 11) is 1.43.